The van der Waals surface area contributed by atoms with E-state index in [9.17, 15) is 0 Å². The minimum Gasteiger partial charge on any atom is -0.238 e. The third-order valence-corrected chi connectivity index (χ3v) is 3.33. The molecule has 0 saturated carbocycles. The average Bonchev–Trinajstić information content (AvgIpc) is 2.16. The quantitative estimate of drug-likeness (QED) is 0.667. The highest BCUT2D eigenvalue weighted by Crippen LogP contribution is 2.29. The van der Waals surface area contributed by atoms with E-state index in [0.717, 1.165) is 24.6 Å². The standard InChI is InChI=1S/C11H15ClN2/c1-3-8-4-5-9-10(6-8)13-7(2)14-11(9)12/h8H,3-6H2,1-2H3/t8-/m0/s1. The van der Waals surface area contributed by atoms with Crippen LogP contribution in [0.4, 0.5) is 0 Å². The third kappa shape index (κ3) is 1.76. The van der Waals surface area contributed by atoms with Gasteiger partial charge in [-0.15, -0.1) is 0 Å². The summed E-state index contributed by atoms with van der Waals surface area (Å²) in [6, 6.07) is 0. The Hall–Kier alpha value is -0.630. The fraction of sp³-hybridized carbons (Fsp3) is 0.636. The first-order valence-corrected chi connectivity index (χ1v) is 5.60. The molecular formula is C11H15ClN2. The van der Waals surface area contributed by atoms with Crippen LogP contribution in [0, 0.1) is 12.8 Å². The zero-order valence-electron chi connectivity index (χ0n) is 8.68. The van der Waals surface area contributed by atoms with Crippen molar-refractivity contribution in [3.05, 3.63) is 22.2 Å². The van der Waals surface area contributed by atoms with Gasteiger partial charge in [-0.3, -0.25) is 0 Å². The van der Waals surface area contributed by atoms with Gasteiger partial charge in [0.15, 0.2) is 0 Å². The van der Waals surface area contributed by atoms with Crippen LogP contribution in [-0.2, 0) is 12.8 Å². The Morgan fingerprint density at radius 1 is 1.43 bits per heavy atom. The lowest BCUT2D eigenvalue weighted by atomic mass is 9.86. The number of nitrogens with zero attached hydrogens (tertiary/aromatic N) is 2. The summed E-state index contributed by atoms with van der Waals surface area (Å²) >= 11 is 6.09. The zero-order valence-corrected chi connectivity index (χ0v) is 9.43. The smallest absolute Gasteiger partial charge is 0.136 e. The van der Waals surface area contributed by atoms with Crippen molar-refractivity contribution in [3.63, 3.8) is 0 Å². The number of rotatable bonds is 1. The highest BCUT2D eigenvalue weighted by atomic mass is 35.5. The van der Waals surface area contributed by atoms with Crippen molar-refractivity contribution in [2.75, 3.05) is 0 Å². The molecule has 3 heteroatoms. The van der Waals surface area contributed by atoms with E-state index in [0.29, 0.717) is 5.15 Å². The van der Waals surface area contributed by atoms with Gasteiger partial charge in [0.05, 0.1) is 0 Å². The molecule has 1 aromatic heterocycles. The number of halogens is 1. The lowest BCUT2D eigenvalue weighted by molar-refractivity contribution is 0.436. The van der Waals surface area contributed by atoms with Crippen LogP contribution >= 0.6 is 11.6 Å². The Kier molecular flexibility index (Phi) is 2.73. The molecule has 1 atom stereocenters. The minimum atomic E-state index is 0.669. The predicted octanol–water partition coefficient (Wildman–Crippen LogP) is 2.95. The van der Waals surface area contributed by atoms with E-state index in [4.69, 9.17) is 11.6 Å². The number of aromatic nitrogens is 2. The number of hydrogen-bond acceptors (Lipinski definition) is 2. The van der Waals surface area contributed by atoms with E-state index >= 15 is 0 Å². The first-order valence-electron chi connectivity index (χ1n) is 5.22. The molecule has 0 fully saturated rings. The molecule has 0 unspecified atom stereocenters. The lowest BCUT2D eigenvalue weighted by Gasteiger charge is -2.23. The normalized spacial score (nSPS) is 20.6. The van der Waals surface area contributed by atoms with Crippen LogP contribution in [0.25, 0.3) is 0 Å². The van der Waals surface area contributed by atoms with Gasteiger partial charge in [0, 0.05) is 11.3 Å². The fourth-order valence-electron chi connectivity index (χ4n) is 2.11. The van der Waals surface area contributed by atoms with Crippen molar-refractivity contribution in [2.45, 2.75) is 39.5 Å². The number of fused-ring (bicyclic) bond motifs is 1. The summed E-state index contributed by atoms with van der Waals surface area (Å²) < 4.78 is 0. The second-order valence-electron chi connectivity index (χ2n) is 4.00. The molecule has 0 bridgehead atoms. The monoisotopic (exact) mass is 210 g/mol. The third-order valence-electron chi connectivity index (χ3n) is 3.02. The molecule has 1 aliphatic carbocycles. The summed E-state index contributed by atoms with van der Waals surface area (Å²) in [5, 5.41) is 0.669. The molecule has 0 radical (unpaired) electrons. The first kappa shape index (κ1) is 9.91. The van der Waals surface area contributed by atoms with Gasteiger partial charge in [-0.1, -0.05) is 24.9 Å². The SMILES string of the molecule is CC[C@H]1CCc2c(Cl)nc(C)nc2C1. The highest BCUT2D eigenvalue weighted by molar-refractivity contribution is 6.30. The van der Waals surface area contributed by atoms with Crippen molar-refractivity contribution < 1.29 is 0 Å². The molecule has 2 rings (SSSR count). The molecule has 2 nitrogen and oxygen atoms in total. The maximum Gasteiger partial charge on any atom is 0.136 e. The van der Waals surface area contributed by atoms with Gasteiger partial charge >= 0.3 is 0 Å². The molecule has 1 heterocycles. The summed E-state index contributed by atoms with van der Waals surface area (Å²) in [6.45, 7) is 4.15. The fourth-order valence-corrected chi connectivity index (χ4v) is 2.43. The van der Waals surface area contributed by atoms with Crippen LogP contribution in [0.1, 0.15) is 36.8 Å². The second kappa shape index (κ2) is 3.85. The lowest BCUT2D eigenvalue weighted by Crippen LogP contribution is -2.16. The molecule has 0 aromatic carbocycles. The number of aryl methyl sites for hydroxylation is 1. The van der Waals surface area contributed by atoms with Crippen LogP contribution in [0.15, 0.2) is 0 Å². The van der Waals surface area contributed by atoms with Crippen molar-refractivity contribution in [3.8, 4) is 0 Å². The van der Waals surface area contributed by atoms with Crippen LogP contribution in [0.2, 0.25) is 5.15 Å². The van der Waals surface area contributed by atoms with Crippen LogP contribution in [-0.4, -0.2) is 9.97 Å². The Balaban J connectivity index is 2.37. The Labute approximate surface area is 89.7 Å². The predicted molar refractivity (Wildman–Crippen MR) is 57.6 cm³/mol. The average molecular weight is 211 g/mol. The molecule has 14 heavy (non-hydrogen) atoms. The summed E-state index contributed by atoms with van der Waals surface area (Å²) in [6.07, 6.45) is 4.59. The van der Waals surface area contributed by atoms with Gasteiger partial charge in [-0.05, 0) is 32.1 Å². The van der Waals surface area contributed by atoms with E-state index in [2.05, 4.69) is 16.9 Å². The molecule has 0 saturated heterocycles. The van der Waals surface area contributed by atoms with Gasteiger partial charge in [-0.2, -0.15) is 0 Å². The van der Waals surface area contributed by atoms with Crippen molar-refractivity contribution >= 4 is 11.6 Å². The van der Waals surface area contributed by atoms with E-state index in [1.807, 2.05) is 6.92 Å². The highest BCUT2D eigenvalue weighted by Gasteiger charge is 2.21. The Morgan fingerprint density at radius 3 is 2.93 bits per heavy atom. The summed E-state index contributed by atoms with van der Waals surface area (Å²) in [5.74, 6) is 1.58. The first-order chi connectivity index (χ1) is 6.70. The van der Waals surface area contributed by atoms with Crippen molar-refractivity contribution in [1.82, 2.24) is 9.97 Å². The van der Waals surface area contributed by atoms with Crippen molar-refractivity contribution in [1.29, 1.82) is 0 Å². The van der Waals surface area contributed by atoms with Crippen LogP contribution in [0.5, 0.6) is 0 Å². The molecule has 1 aliphatic rings. The van der Waals surface area contributed by atoms with E-state index in [1.54, 1.807) is 0 Å². The summed E-state index contributed by atoms with van der Waals surface area (Å²) in [4.78, 5) is 8.67. The van der Waals surface area contributed by atoms with Crippen LogP contribution < -0.4 is 0 Å². The number of hydrogen-bond donors (Lipinski definition) is 0. The molecule has 0 spiro atoms. The Morgan fingerprint density at radius 2 is 2.21 bits per heavy atom. The summed E-state index contributed by atoms with van der Waals surface area (Å²) in [5.41, 5.74) is 2.36. The topological polar surface area (TPSA) is 25.8 Å². The van der Waals surface area contributed by atoms with Gasteiger partial charge in [-0.25, -0.2) is 9.97 Å². The van der Waals surface area contributed by atoms with Gasteiger partial charge < -0.3 is 0 Å². The van der Waals surface area contributed by atoms with Crippen LogP contribution in [0.3, 0.4) is 0 Å². The van der Waals surface area contributed by atoms with Gasteiger partial charge in [0.2, 0.25) is 0 Å². The van der Waals surface area contributed by atoms with Gasteiger partial charge in [0.1, 0.15) is 11.0 Å². The molecule has 76 valence electrons. The van der Waals surface area contributed by atoms with E-state index in [1.165, 1.54) is 24.1 Å². The molecule has 0 amide bonds. The maximum absolute atomic E-state index is 6.09. The largest absolute Gasteiger partial charge is 0.238 e. The zero-order chi connectivity index (χ0) is 10.1. The van der Waals surface area contributed by atoms with E-state index in [-0.39, 0.29) is 0 Å². The second-order valence-corrected chi connectivity index (χ2v) is 4.36. The maximum atomic E-state index is 6.09. The Bertz CT molecular complexity index is 349. The summed E-state index contributed by atoms with van der Waals surface area (Å²) in [7, 11) is 0. The van der Waals surface area contributed by atoms with Crippen molar-refractivity contribution in [2.24, 2.45) is 5.92 Å². The van der Waals surface area contributed by atoms with E-state index < -0.39 is 0 Å². The molecular weight excluding hydrogens is 196 g/mol. The van der Waals surface area contributed by atoms with Gasteiger partial charge in [0.25, 0.3) is 0 Å². The molecule has 0 aliphatic heterocycles. The molecule has 0 N–H and O–H groups in total. The minimum absolute atomic E-state index is 0.669. The molecule has 1 aromatic rings.